The van der Waals surface area contributed by atoms with Crippen LogP contribution in [-0.2, 0) is 6.42 Å². The monoisotopic (exact) mass is 330 g/mol. The van der Waals surface area contributed by atoms with Gasteiger partial charge in [0, 0.05) is 32.2 Å². The second kappa shape index (κ2) is 10.3. The predicted octanol–water partition coefficient (Wildman–Crippen LogP) is 2.97. The zero-order valence-corrected chi connectivity index (χ0v) is 15.6. The molecule has 0 aromatic heterocycles. The van der Waals surface area contributed by atoms with Crippen molar-refractivity contribution >= 4 is 5.96 Å². The fourth-order valence-electron chi connectivity index (χ4n) is 3.18. The van der Waals surface area contributed by atoms with Gasteiger partial charge < -0.3 is 15.5 Å². The first-order valence-electron chi connectivity index (χ1n) is 9.54. The minimum absolute atomic E-state index is 0.551. The Hall–Kier alpha value is -1.55. The normalized spacial score (nSPS) is 17.0. The molecule has 1 aliphatic rings. The Morgan fingerprint density at radius 3 is 2.50 bits per heavy atom. The second-order valence-corrected chi connectivity index (χ2v) is 6.76. The van der Waals surface area contributed by atoms with Gasteiger partial charge in [0.2, 0.25) is 0 Å². The molecular formula is C20H34N4. The van der Waals surface area contributed by atoms with Crippen molar-refractivity contribution in [2.45, 2.75) is 52.5 Å². The van der Waals surface area contributed by atoms with E-state index < -0.39 is 0 Å². The van der Waals surface area contributed by atoms with E-state index in [-0.39, 0.29) is 0 Å². The number of likely N-dealkylation sites (tertiary alicyclic amines) is 1. The van der Waals surface area contributed by atoms with E-state index in [1.54, 1.807) is 0 Å². The Morgan fingerprint density at radius 1 is 1.17 bits per heavy atom. The molecule has 134 valence electrons. The summed E-state index contributed by atoms with van der Waals surface area (Å²) in [4.78, 5) is 7.33. The highest BCUT2D eigenvalue weighted by Gasteiger charge is 2.19. The van der Waals surface area contributed by atoms with Crippen molar-refractivity contribution in [3.8, 4) is 0 Å². The molecule has 0 unspecified atom stereocenters. The third-order valence-corrected chi connectivity index (χ3v) is 4.60. The van der Waals surface area contributed by atoms with Gasteiger partial charge in [0.15, 0.2) is 5.96 Å². The van der Waals surface area contributed by atoms with Crippen molar-refractivity contribution in [3.05, 3.63) is 35.4 Å². The smallest absolute Gasteiger partial charge is 0.191 e. The molecule has 0 atom stereocenters. The molecule has 4 nitrogen and oxygen atoms in total. The largest absolute Gasteiger partial charge is 0.357 e. The number of nitrogens with one attached hydrogen (secondary N) is 2. The molecule has 0 amide bonds. The van der Waals surface area contributed by atoms with E-state index >= 15 is 0 Å². The first-order valence-corrected chi connectivity index (χ1v) is 9.54. The minimum Gasteiger partial charge on any atom is -0.357 e. The van der Waals surface area contributed by atoms with Crippen LogP contribution in [0.1, 0.15) is 44.2 Å². The van der Waals surface area contributed by atoms with Gasteiger partial charge >= 0.3 is 0 Å². The molecule has 4 heteroatoms. The zero-order valence-electron chi connectivity index (χ0n) is 15.6. The number of hydrogen-bond donors (Lipinski definition) is 2. The molecule has 1 aromatic carbocycles. The topological polar surface area (TPSA) is 39.7 Å². The Labute approximate surface area is 147 Å². The summed E-state index contributed by atoms with van der Waals surface area (Å²) in [6.45, 7) is 11.9. The fourth-order valence-corrected chi connectivity index (χ4v) is 3.18. The maximum atomic E-state index is 4.76. The average molecular weight is 331 g/mol. The van der Waals surface area contributed by atoms with E-state index in [9.17, 15) is 0 Å². The number of rotatable bonds is 7. The molecule has 1 heterocycles. The van der Waals surface area contributed by atoms with E-state index in [2.05, 4.69) is 60.6 Å². The molecule has 2 N–H and O–H groups in total. The standard InChI is InChI=1S/C20H34N4/c1-4-14-24-15-11-19(12-16-24)23-20(21-5-2)22-13-10-18-8-6-17(3)7-9-18/h6-9,19H,4-5,10-16H2,1-3H3,(H2,21,22,23). The first kappa shape index (κ1) is 18.8. The van der Waals surface area contributed by atoms with Crippen molar-refractivity contribution in [1.29, 1.82) is 0 Å². The molecule has 0 saturated carbocycles. The lowest BCUT2D eigenvalue weighted by molar-refractivity contribution is 0.206. The number of benzene rings is 1. The molecule has 0 spiro atoms. The highest BCUT2D eigenvalue weighted by Crippen LogP contribution is 2.10. The van der Waals surface area contributed by atoms with E-state index in [1.807, 2.05) is 0 Å². The average Bonchev–Trinajstić information content (AvgIpc) is 2.59. The highest BCUT2D eigenvalue weighted by molar-refractivity contribution is 5.80. The SMILES string of the molecule is CCCN1CCC(NC(=NCCc2ccc(C)cc2)NCC)CC1. The van der Waals surface area contributed by atoms with Crippen molar-refractivity contribution in [2.75, 3.05) is 32.7 Å². The van der Waals surface area contributed by atoms with E-state index in [0.717, 1.165) is 25.5 Å². The van der Waals surface area contributed by atoms with Crippen LogP contribution >= 0.6 is 0 Å². The number of hydrogen-bond acceptors (Lipinski definition) is 2. The summed E-state index contributed by atoms with van der Waals surface area (Å²) in [7, 11) is 0. The minimum atomic E-state index is 0.551. The lowest BCUT2D eigenvalue weighted by atomic mass is 10.1. The van der Waals surface area contributed by atoms with Crippen LogP contribution in [0.25, 0.3) is 0 Å². The van der Waals surface area contributed by atoms with Gasteiger partial charge in [-0.1, -0.05) is 36.8 Å². The number of aliphatic imine (C=N–C) groups is 1. The van der Waals surface area contributed by atoms with Crippen LogP contribution in [-0.4, -0.2) is 49.6 Å². The maximum absolute atomic E-state index is 4.76. The van der Waals surface area contributed by atoms with Crippen molar-refractivity contribution in [1.82, 2.24) is 15.5 Å². The van der Waals surface area contributed by atoms with Gasteiger partial charge in [-0.15, -0.1) is 0 Å². The van der Waals surface area contributed by atoms with E-state index in [4.69, 9.17) is 4.99 Å². The molecule has 0 bridgehead atoms. The van der Waals surface area contributed by atoms with Crippen molar-refractivity contribution in [2.24, 2.45) is 4.99 Å². The van der Waals surface area contributed by atoms with Gasteiger partial charge in [-0.3, -0.25) is 4.99 Å². The first-order chi connectivity index (χ1) is 11.7. The molecule has 1 saturated heterocycles. The van der Waals surface area contributed by atoms with Crippen LogP contribution in [0.3, 0.4) is 0 Å². The van der Waals surface area contributed by atoms with Crippen LogP contribution in [0, 0.1) is 6.92 Å². The van der Waals surface area contributed by atoms with Gasteiger partial charge in [-0.05, 0) is 51.6 Å². The summed E-state index contributed by atoms with van der Waals surface area (Å²) >= 11 is 0. The molecule has 1 aromatic rings. The van der Waals surface area contributed by atoms with Crippen LogP contribution in [0.2, 0.25) is 0 Å². The Morgan fingerprint density at radius 2 is 1.88 bits per heavy atom. The molecular weight excluding hydrogens is 296 g/mol. The summed E-state index contributed by atoms with van der Waals surface area (Å²) in [5.74, 6) is 0.971. The van der Waals surface area contributed by atoms with Crippen LogP contribution < -0.4 is 10.6 Å². The maximum Gasteiger partial charge on any atom is 0.191 e. The lowest BCUT2D eigenvalue weighted by Crippen LogP contribution is -2.48. The van der Waals surface area contributed by atoms with Crippen LogP contribution in [0.15, 0.2) is 29.3 Å². The summed E-state index contributed by atoms with van der Waals surface area (Å²) in [6.07, 6.45) is 4.66. The predicted molar refractivity (Wildman–Crippen MR) is 104 cm³/mol. The van der Waals surface area contributed by atoms with Crippen LogP contribution in [0.4, 0.5) is 0 Å². The molecule has 1 aliphatic heterocycles. The van der Waals surface area contributed by atoms with E-state index in [0.29, 0.717) is 6.04 Å². The second-order valence-electron chi connectivity index (χ2n) is 6.76. The van der Waals surface area contributed by atoms with E-state index in [1.165, 1.54) is 50.0 Å². The van der Waals surface area contributed by atoms with Gasteiger partial charge in [-0.25, -0.2) is 0 Å². The Kier molecular flexibility index (Phi) is 8.10. The Balaban J connectivity index is 1.79. The van der Waals surface area contributed by atoms with Gasteiger partial charge in [0.25, 0.3) is 0 Å². The highest BCUT2D eigenvalue weighted by atomic mass is 15.2. The summed E-state index contributed by atoms with van der Waals surface area (Å²) in [5, 5.41) is 7.01. The summed E-state index contributed by atoms with van der Waals surface area (Å²) in [6, 6.07) is 9.30. The van der Waals surface area contributed by atoms with Gasteiger partial charge in [0.1, 0.15) is 0 Å². The molecule has 2 rings (SSSR count). The van der Waals surface area contributed by atoms with Gasteiger partial charge in [0.05, 0.1) is 0 Å². The molecule has 24 heavy (non-hydrogen) atoms. The number of nitrogens with zero attached hydrogens (tertiary/aromatic N) is 2. The number of aryl methyl sites for hydroxylation is 1. The summed E-state index contributed by atoms with van der Waals surface area (Å²) in [5.41, 5.74) is 2.67. The zero-order chi connectivity index (χ0) is 17.2. The lowest BCUT2D eigenvalue weighted by Gasteiger charge is -2.32. The van der Waals surface area contributed by atoms with Crippen LogP contribution in [0.5, 0.6) is 0 Å². The molecule has 1 fully saturated rings. The summed E-state index contributed by atoms with van der Waals surface area (Å²) < 4.78 is 0. The number of guanidine groups is 1. The van der Waals surface area contributed by atoms with Gasteiger partial charge in [-0.2, -0.15) is 0 Å². The Bertz CT molecular complexity index is 487. The van der Waals surface area contributed by atoms with Crippen molar-refractivity contribution < 1.29 is 0 Å². The third-order valence-electron chi connectivity index (χ3n) is 4.60. The quantitative estimate of drug-likeness (QED) is 0.596. The molecule has 0 aliphatic carbocycles. The van der Waals surface area contributed by atoms with Crippen molar-refractivity contribution in [3.63, 3.8) is 0 Å². The fraction of sp³-hybridized carbons (Fsp3) is 0.650. The third kappa shape index (κ3) is 6.52. The molecule has 0 radical (unpaired) electrons. The number of piperidine rings is 1.